The second-order valence-corrected chi connectivity index (χ2v) is 5.43. The van der Waals surface area contributed by atoms with Crippen molar-refractivity contribution in [2.45, 2.75) is 40.2 Å². The zero-order valence-corrected chi connectivity index (χ0v) is 13.2. The molecule has 0 aromatic carbocycles. The normalized spacial score (nSPS) is 10.9. The zero-order chi connectivity index (χ0) is 15.4. The first-order chi connectivity index (χ1) is 9.99. The van der Waals surface area contributed by atoms with Crippen molar-refractivity contribution in [2.24, 2.45) is 0 Å². The summed E-state index contributed by atoms with van der Waals surface area (Å²) in [4.78, 5) is 18.1. The molecule has 0 atom stereocenters. The Hall–Kier alpha value is -2.11. The van der Waals surface area contributed by atoms with Gasteiger partial charge in [-0.3, -0.25) is 9.89 Å². The van der Waals surface area contributed by atoms with Crippen LogP contribution >= 0.6 is 0 Å². The van der Waals surface area contributed by atoms with Gasteiger partial charge in [0, 0.05) is 31.7 Å². The van der Waals surface area contributed by atoms with Gasteiger partial charge in [-0.25, -0.2) is 4.98 Å². The number of aryl methyl sites for hydroxylation is 3. The van der Waals surface area contributed by atoms with Crippen molar-refractivity contribution < 1.29 is 4.79 Å². The van der Waals surface area contributed by atoms with Crippen LogP contribution in [0.3, 0.4) is 0 Å². The number of nitrogens with zero attached hydrogens (tertiary/aromatic N) is 4. The van der Waals surface area contributed by atoms with Gasteiger partial charge >= 0.3 is 0 Å². The summed E-state index contributed by atoms with van der Waals surface area (Å²) in [5.74, 6) is 0.970. The predicted molar refractivity (Wildman–Crippen MR) is 81.0 cm³/mol. The molecule has 21 heavy (non-hydrogen) atoms. The van der Waals surface area contributed by atoms with E-state index in [2.05, 4.69) is 15.2 Å². The third-order valence-corrected chi connectivity index (χ3v) is 3.86. The Bertz CT molecular complexity index is 594. The Morgan fingerprint density at radius 3 is 2.71 bits per heavy atom. The lowest BCUT2D eigenvalue weighted by Crippen LogP contribution is -2.31. The van der Waals surface area contributed by atoms with E-state index in [0.29, 0.717) is 6.54 Å². The maximum absolute atomic E-state index is 12.1. The topological polar surface area (TPSA) is 66.8 Å². The van der Waals surface area contributed by atoms with Gasteiger partial charge in [0.2, 0.25) is 5.91 Å². The van der Waals surface area contributed by atoms with Crippen LogP contribution in [0.5, 0.6) is 0 Å². The fraction of sp³-hybridized carbons (Fsp3) is 0.533. The molecule has 0 unspecified atom stereocenters. The molecule has 6 nitrogen and oxygen atoms in total. The first-order valence-corrected chi connectivity index (χ1v) is 7.21. The smallest absolute Gasteiger partial charge is 0.242 e. The number of carbonyl (C=O) groups excluding carboxylic acids is 1. The van der Waals surface area contributed by atoms with Gasteiger partial charge in [0.05, 0.1) is 5.69 Å². The summed E-state index contributed by atoms with van der Waals surface area (Å²) in [7, 11) is 1.85. The van der Waals surface area contributed by atoms with Gasteiger partial charge in [-0.15, -0.1) is 0 Å². The standard InChI is InChI=1S/C15H23N5O/c1-11-14(12(2)18-17-11)6-5-8-19(4)15(21)10-20-9-7-16-13(20)3/h7,9H,5-6,8,10H2,1-4H3,(H,17,18). The van der Waals surface area contributed by atoms with Crippen molar-refractivity contribution in [2.75, 3.05) is 13.6 Å². The van der Waals surface area contributed by atoms with Crippen LogP contribution < -0.4 is 0 Å². The van der Waals surface area contributed by atoms with Crippen molar-refractivity contribution in [1.29, 1.82) is 0 Å². The number of rotatable bonds is 6. The quantitative estimate of drug-likeness (QED) is 0.878. The maximum atomic E-state index is 12.1. The minimum Gasteiger partial charge on any atom is -0.344 e. The molecule has 2 heterocycles. The van der Waals surface area contributed by atoms with Gasteiger partial charge in [-0.05, 0) is 39.2 Å². The summed E-state index contributed by atoms with van der Waals surface area (Å²) in [5.41, 5.74) is 3.44. The first kappa shape index (κ1) is 15.3. The predicted octanol–water partition coefficient (Wildman–Crippen LogP) is 1.62. The van der Waals surface area contributed by atoms with Crippen molar-refractivity contribution in [3.63, 3.8) is 0 Å². The van der Waals surface area contributed by atoms with E-state index < -0.39 is 0 Å². The lowest BCUT2D eigenvalue weighted by molar-refractivity contribution is -0.130. The highest BCUT2D eigenvalue weighted by molar-refractivity contribution is 5.75. The largest absolute Gasteiger partial charge is 0.344 e. The van der Waals surface area contributed by atoms with Crippen LogP contribution in [-0.4, -0.2) is 44.1 Å². The summed E-state index contributed by atoms with van der Waals surface area (Å²) in [6.45, 7) is 7.04. The Balaban J connectivity index is 1.80. The van der Waals surface area contributed by atoms with E-state index in [1.165, 1.54) is 5.56 Å². The molecule has 0 fully saturated rings. The Kier molecular flexibility index (Phi) is 4.77. The van der Waals surface area contributed by atoms with Crippen LogP contribution in [0, 0.1) is 20.8 Å². The maximum Gasteiger partial charge on any atom is 0.242 e. The van der Waals surface area contributed by atoms with Gasteiger partial charge in [0.1, 0.15) is 12.4 Å². The van der Waals surface area contributed by atoms with Crippen molar-refractivity contribution in [1.82, 2.24) is 24.6 Å². The third kappa shape index (κ3) is 3.71. The second-order valence-electron chi connectivity index (χ2n) is 5.43. The first-order valence-electron chi connectivity index (χ1n) is 7.21. The number of hydrogen-bond donors (Lipinski definition) is 1. The molecule has 2 aromatic rings. The molecule has 2 rings (SSSR count). The highest BCUT2D eigenvalue weighted by atomic mass is 16.2. The third-order valence-electron chi connectivity index (χ3n) is 3.86. The Morgan fingerprint density at radius 2 is 2.14 bits per heavy atom. The average molecular weight is 289 g/mol. The number of nitrogens with one attached hydrogen (secondary N) is 1. The molecular formula is C15H23N5O. The monoisotopic (exact) mass is 289 g/mol. The van der Waals surface area contributed by atoms with E-state index in [0.717, 1.165) is 36.6 Å². The molecule has 6 heteroatoms. The molecule has 0 bridgehead atoms. The van der Waals surface area contributed by atoms with Crippen LogP contribution in [-0.2, 0) is 17.8 Å². The van der Waals surface area contributed by atoms with E-state index in [1.807, 2.05) is 38.6 Å². The number of aromatic nitrogens is 4. The fourth-order valence-electron chi connectivity index (χ4n) is 2.40. The lowest BCUT2D eigenvalue weighted by atomic mass is 10.1. The molecule has 0 radical (unpaired) electrons. The second kappa shape index (κ2) is 6.56. The molecule has 0 saturated carbocycles. The number of imidazole rings is 1. The number of amides is 1. The molecule has 0 aliphatic rings. The van der Waals surface area contributed by atoms with Crippen LogP contribution in [0.25, 0.3) is 0 Å². The molecule has 1 amide bonds. The summed E-state index contributed by atoms with van der Waals surface area (Å²) < 4.78 is 1.86. The number of aromatic amines is 1. The van der Waals surface area contributed by atoms with Crippen molar-refractivity contribution >= 4 is 5.91 Å². The number of likely N-dealkylation sites (N-methyl/N-ethyl adjacent to an activating group) is 1. The molecular weight excluding hydrogens is 266 g/mol. The minimum absolute atomic E-state index is 0.108. The van der Waals surface area contributed by atoms with E-state index in [4.69, 9.17) is 0 Å². The van der Waals surface area contributed by atoms with Crippen LogP contribution in [0.4, 0.5) is 0 Å². The molecule has 0 aliphatic carbocycles. The van der Waals surface area contributed by atoms with Crippen molar-refractivity contribution in [3.8, 4) is 0 Å². The molecule has 114 valence electrons. The fourth-order valence-corrected chi connectivity index (χ4v) is 2.40. The molecule has 1 N–H and O–H groups in total. The Labute approximate surface area is 125 Å². The van der Waals surface area contributed by atoms with E-state index in [9.17, 15) is 4.79 Å². The number of carbonyl (C=O) groups is 1. The van der Waals surface area contributed by atoms with Crippen LogP contribution in [0.15, 0.2) is 12.4 Å². The average Bonchev–Trinajstić information content (AvgIpc) is 2.98. The van der Waals surface area contributed by atoms with Gasteiger partial charge in [-0.1, -0.05) is 0 Å². The minimum atomic E-state index is 0.108. The van der Waals surface area contributed by atoms with Crippen molar-refractivity contribution in [3.05, 3.63) is 35.2 Å². The van der Waals surface area contributed by atoms with Gasteiger partial charge in [0.15, 0.2) is 0 Å². The molecule has 0 aliphatic heterocycles. The Morgan fingerprint density at radius 1 is 1.38 bits per heavy atom. The van der Waals surface area contributed by atoms with Gasteiger partial charge in [-0.2, -0.15) is 5.10 Å². The molecule has 0 spiro atoms. The van der Waals surface area contributed by atoms with Crippen LogP contribution in [0.2, 0.25) is 0 Å². The lowest BCUT2D eigenvalue weighted by Gasteiger charge is -2.17. The molecule has 0 saturated heterocycles. The molecule has 2 aromatic heterocycles. The van der Waals surface area contributed by atoms with E-state index in [1.54, 1.807) is 11.1 Å². The van der Waals surface area contributed by atoms with E-state index >= 15 is 0 Å². The highest BCUT2D eigenvalue weighted by Gasteiger charge is 2.11. The van der Waals surface area contributed by atoms with Gasteiger partial charge in [0.25, 0.3) is 0 Å². The summed E-state index contributed by atoms with van der Waals surface area (Å²) in [5, 5.41) is 7.19. The summed E-state index contributed by atoms with van der Waals surface area (Å²) in [6, 6.07) is 0. The SMILES string of the molecule is Cc1n[nH]c(C)c1CCCN(C)C(=O)Cn1ccnc1C. The highest BCUT2D eigenvalue weighted by Crippen LogP contribution is 2.12. The van der Waals surface area contributed by atoms with Crippen LogP contribution in [0.1, 0.15) is 29.2 Å². The van der Waals surface area contributed by atoms with Gasteiger partial charge < -0.3 is 9.47 Å². The van der Waals surface area contributed by atoms with E-state index in [-0.39, 0.29) is 5.91 Å². The zero-order valence-electron chi connectivity index (χ0n) is 13.2. The summed E-state index contributed by atoms with van der Waals surface area (Å²) >= 11 is 0. The summed E-state index contributed by atoms with van der Waals surface area (Å²) in [6.07, 6.45) is 5.43. The number of H-pyrrole nitrogens is 1. The number of hydrogen-bond acceptors (Lipinski definition) is 3.